The van der Waals surface area contributed by atoms with Crippen LogP contribution in [-0.2, 0) is 6.54 Å². The predicted molar refractivity (Wildman–Crippen MR) is 73.5 cm³/mol. The first kappa shape index (κ1) is 12.4. The van der Waals surface area contributed by atoms with Crippen molar-refractivity contribution in [1.29, 1.82) is 0 Å². The van der Waals surface area contributed by atoms with Gasteiger partial charge in [0.05, 0.1) is 0 Å². The van der Waals surface area contributed by atoms with E-state index >= 15 is 0 Å². The second-order valence-corrected chi connectivity index (χ2v) is 5.11. The number of rotatable bonds is 3. The summed E-state index contributed by atoms with van der Waals surface area (Å²) in [6.45, 7) is 6.70. The Balaban J connectivity index is 2.07. The summed E-state index contributed by atoms with van der Waals surface area (Å²) in [4.78, 5) is 4.73. The number of nitrogens with one attached hydrogen (secondary N) is 1. The highest BCUT2D eigenvalue weighted by atomic mass is 15.2. The number of para-hydroxylation sites is 1. The summed E-state index contributed by atoms with van der Waals surface area (Å²) in [5.74, 6) is 0. The minimum absolute atomic E-state index is 0.607. The predicted octanol–water partition coefficient (Wildman–Crippen LogP) is 1.55. The van der Waals surface area contributed by atoms with Gasteiger partial charge in [0.1, 0.15) is 0 Å². The topological polar surface area (TPSA) is 18.5 Å². The molecular weight excluding hydrogens is 210 g/mol. The lowest BCUT2D eigenvalue weighted by Crippen LogP contribution is -2.48. The maximum absolute atomic E-state index is 3.48. The Kier molecular flexibility index (Phi) is 4.02. The Labute approximate surface area is 104 Å². The zero-order valence-electron chi connectivity index (χ0n) is 11.1. The molecule has 1 aromatic rings. The van der Waals surface area contributed by atoms with Gasteiger partial charge in [0.15, 0.2) is 0 Å². The second-order valence-electron chi connectivity index (χ2n) is 5.11. The van der Waals surface area contributed by atoms with E-state index in [1.807, 2.05) is 0 Å². The van der Waals surface area contributed by atoms with Crippen LogP contribution in [0.5, 0.6) is 0 Å². The molecule has 1 heterocycles. The van der Waals surface area contributed by atoms with Gasteiger partial charge < -0.3 is 10.2 Å². The summed E-state index contributed by atoms with van der Waals surface area (Å²) in [5.41, 5.74) is 2.75. The van der Waals surface area contributed by atoms with Crippen LogP contribution in [0.4, 0.5) is 5.69 Å². The lowest BCUT2D eigenvalue weighted by Gasteiger charge is -2.32. The van der Waals surface area contributed by atoms with Crippen molar-refractivity contribution >= 4 is 5.69 Å². The van der Waals surface area contributed by atoms with Crippen molar-refractivity contribution in [3.05, 3.63) is 29.8 Å². The van der Waals surface area contributed by atoms with E-state index in [2.05, 4.69) is 60.4 Å². The van der Waals surface area contributed by atoms with E-state index in [-0.39, 0.29) is 0 Å². The number of anilines is 1. The van der Waals surface area contributed by atoms with Crippen molar-refractivity contribution in [2.45, 2.75) is 19.5 Å². The SMILES string of the molecule is C[C@H]1CN(Cc2ccccc2N(C)C)CCN1. The van der Waals surface area contributed by atoms with E-state index < -0.39 is 0 Å². The van der Waals surface area contributed by atoms with E-state index in [1.54, 1.807) is 0 Å². The molecule has 1 atom stereocenters. The molecule has 1 aliphatic rings. The normalized spacial score (nSPS) is 21.5. The molecule has 0 amide bonds. The van der Waals surface area contributed by atoms with Crippen molar-refractivity contribution in [2.24, 2.45) is 0 Å². The first-order chi connectivity index (χ1) is 8.16. The fraction of sp³-hybridized carbons (Fsp3) is 0.571. The van der Waals surface area contributed by atoms with Crippen molar-refractivity contribution < 1.29 is 0 Å². The van der Waals surface area contributed by atoms with E-state index in [0.717, 1.165) is 26.2 Å². The van der Waals surface area contributed by atoms with Crippen LogP contribution in [0.3, 0.4) is 0 Å². The Morgan fingerprint density at radius 2 is 2.12 bits per heavy atom. The van der Waals surface area contributed by atoms with Crippen molar-refractivity contribution in [3.8, 4) is 0 Å². The zero-order valence-corrected chi connectivity index (χ0v) is 11.1. The van der Waals surface area contributed by atoms with Crippen LogP contribution in [0.2, 0.25) is 0 Å². The van der Waals surface area contributed by atoms with Gasteiger partial charge in [-0.2, -0.15) is 0 Å². The molecule has 3 heteroatoms. The van der Waals surface area contributed by atoms with Gasteiger partial charge in [-0.1, -0.05) is 18.2 Å². The highest BCUT2D eigenvalue weighted by Crippen LogP contribution is 2.20. The molecule has 94 valence electrons. The van der Waals surface area contributed by atoms with Crippen LogP contribution in [-0.4, -0.2) is 44.7 Å². The van der Waals surface area contributed by atoms with E-state index in [1.165, 1.54) is 11.3 Å². The fourth-order valence-corrected chi connectivity index (χ4v) is 2.48. The molecule has 0 spiro atoms. The van der Waals surface area contributed by atoms with Gasteiger partial charge in [-0.3, -0.25) is 4.90 Å². The van der Waals surface area contributed by atoms with Gasteiger partial charge >= 0.3 is 0 Å². The van der Waals surface area contributed by atoms with Crippen LogP contribution < -0.4 is 10.2 Å². The molecule has 3 nitrogen and oxygen atoms in total. The van der Waals surface area contributed by atoms with Crippen LogP contribution in [0.15, 0.2) is 24.3 Å². The first-order valence-corrected chi connectivity index (χ1v) is 6.38. The quantitative estimate of drug-likeness (QED) is 0.854. The third kappa shape index (κ3) is 3.20. The highest BCUT2D eigenvalue weighted by Gasteiger charge is 2.16. The molecule has 0 unspecified atom stereocenters. The number of benzene rings is 1. The van der Waals surface area contributed by atoms with Gasteiger partial charge in [0.25, 0.3) is 0 Å². The minimum atomic E-state index is 0.607. The summed E-state index contributed by atoms with van der Waals surface area (Å²) in [7, 11) is 4.22. The molecule has 0 radical (unpaired) electrons. The maximum Gasteiger partial charge on any atom is 0.0406 e. The zero-order chi connectivity index (χ0) is 12.3. The molecule has 1 saturated heterocycles. The van der Waals surface area contributed by atoms with Gasteiger partial charge in [0, 0.05) is 52.0 Å². The summed E-state index contributed by atoms with van der Waals surface area (Å²) < 4.78 is 0. The van der Waals surface area contributed by atoms with Crippen molar-refractivity contribution in [3.63, 3.8) is 0 Å². The first-order valence-electron chi connectivity index (χ1n) is 6.38. The third-order valence-electron chi connectivity index (χ3n) is 3.32. The standard InChI is InChI=1S/C14H23N3/c1-12-10-17(9-8-15-12)11-13-6-4-5-7-14(13)16(2)3/h4-7,12,15H,8-11H2,1-3H3/t12-/m0/s1. The summed E-state index contributed by atoms with van der Waals surface area (Å²) >= 11 is 0. The van der Waals surface area contributed by atoms with E-state index in [0.29, 0.717) is 6.04 Å². The van der Waals surface area contributed by atoms with Gasteiger partial charge in [-0.25, -0.2) is 0 Å². The monoisotopic (exact) mass is 233 g/mol. The number of hydrogen-bond donors (Lipinski definition) is 1. The third-order valence-corrected chi connectivity index (χ3v) is 3.32. The molecule has 0 aliphatic carbocycles. The van der Waals surface area contributed by atoms with E-state index in [4.69, 9.17) is 0 Å². The lowest BCUT2D eigenvalue weighted by atomic mass is 10.1. The average molecular weight is 233 g/mol. The molecule has 17 heavy (non-hydrogen) atoms. The number of nitrogens with zero attached hydrogens (tertiary/aromatic N) is 2. The smallest absolute Gasteiger partial charge is 0.0406 e. The Morgan fingerprint density at radius 1 is 1.35 bits per heavy atom. The molecule has 1 aliphatic heterocycles. The Hall–Kier alpha value is -1.06. The molecule has 0 bridgehead atoms. The van der Waals surface area contributed by atoms with E-state index in [9.17, 15) is 0 Å². The largest absolute Gasteiger partial charge is 0.377 e. The van der Waals surface area contributed by atoms with Crippen LogP contribution in [0, 0.1) is 0 Å². The molecule has 0 saturated carbocycles. The van der Waals surface area contributed by atoms with Crippen LogP contribution in [0.25, 0.3) is 0 Å². The second kappa shape index (κ2) is 5.52. The summed E-state index contributed by atoms with van der Waals surface area (Å²) in [6.07, 6.45) is 0. The van der Waals surface area contributed by atoms with Crippen LogP contribution in [0.1, 0.15) is 12.5 Å². The summed E-state index contributed by atoms with van der Waals surface area (Å²) in [6, 6.07) is 9.28. The summed E-state index contributed by atoms with van der Waals surface area (Å²) in [5, 5.41) is 3.48. The van der Waals surface area contributed by atoms with Gasteiger partial charge in [0.2, 0.25) is 0 Å². The fourth-order valence-electron chi connectivity index (χ4n) is 2.48. The Morgan fingerprint density at radius 3 is 2.82 bits per heavy atom. The van der Waals surface area contributed by atoms with Crippen molar-refractivity contribution in [2.75, 3.05) is 38.6 Å². The number of piperazine rings is 1. The Bertz CT molecular complexity index is 362. The van der Waals surface area contributed by atoms with Gasteiger partial charge in [-0.05, 0) is 18.6 Å². The van der Waals surface area contributed by atoms with Gasteiger partial charge in [-0.15, -0.1) is 0 Å². The molecule has 1 fully saturated rings. The molecule has 2 rings (SSSR count). The van der Waals surface area contributed by atoms with Crippen LogP contribution >= 0.6 is 0 Å². The lowest BCUT2D eigenvalue weighted by molar-refractivity contribution is 0.200. The molecule has 1 N–H and O–H groups in total. The highest BCUT2D eigenvalue weighted by molar-refractivity contribution is 5.52. The minimum Gasteiger partial charge on any atom is -0.377 e. The maximum atomic E-state index is 3.48. The number of hydrogen-bond acceptors (Lipinski definition) is 3. The van der Waals surface area contributed by atoms with Crippen molar-refractivity contribution in [1.82, 2.24) is 10.2 Å². The average Bonchev–Trinajstić information content (AvgIpc) is 2.29. The molecular formula is C14H23N3. The molecule has 0 aromatic heterocycles. The molecule has 1 aromatic carbocycles.